The predicted octanol–water partition coefficient (Wildman–Crippen LogP) is 4.78. The second kappa shape index (κ2) is 10.7. The van der Waals surface area contributed by atoms with Gasteiger partial charge >= 0.3 is 5.97 Å². The van der Waals surface area contributed by atoms with Crippen molar-refractivity contribution in [2.45, 2.75) is 33.1 Å². The van der Waals surface area contributed by atoms with Crippen molar-refractivity contribution in [1.82, 2.24) is 0 Å². The van der Waals surface area contributed by atoms with E-state index in [4.69, 9.17) is 30.9 Å². The zero-order chi connectivity index (χ0) is 19.6. The van der Waals surface area contributed by atoms with Crippen molar-refractivity contribution >= 4 is 17.6 Å². The van der Waals surface area contributed by atoms with Gasteiger partial charge in [0.25, 0.3) is 0 Å². The van der Waals surface area contributed by atoms with Gasteiger partial charge in [-0.15, -0.1) is 0 Å². The number of halogens is 1. The molecule has 0 aliphatic heterocycles. The van der Waals surface area contributed by atoms with Gasteiger partial charge in [-0.05, 0) is 55.2 Å². The van der Waals surface area contributed by atoms with Crippen LogP contribution in [0.25, 0.3) is 0 Å². The Morgan fingerprint density at radius 2 is 1.70 bits per heavy atom. The third kappa shape index (κ3) is 6.68. The van der Waals surface area contributed by atoms with Gasteiger partial charge in [-0.3, -0.25) is 4.79 Å². The number of benzene rings is 2. The van der Waals surface area contributed by atoms with Crippen LogP contribution in [0.3, 0.4) is 0 Å². The van der Waals surface area contributed by atoms with Crippen molar-refractivity contribution in [2.24, 2.45) is 0 Å². The summed E-state index contributed by atoms with van der Waals surface area (Å²) in [5.74, 6) is 0.893. The van der Waals surface area contributed by atoms with Gasteiger partial charge in [-0.25, -0.2) is 0 Å². The lowest BCUT2D eigenvalue weighted by molar-refractivity contribution is -0.136. The van der Waals surface area contributed by atoms with E-state index in [0.29, 0.717) is 42.8 Å². The van der Waals surface area contributed by atoms with Crippen molar-refractivity contribution < 1.29 is 24.1 Å². The molecule has 0 atom stereocenters. The first-order chi connectivity index (χ1) is 13.0. The number of carboxylic acids is 1. The molecule has 2 aromatic carbocycles. The molecule has 0 bridgehead atoms. The summed E-state index contributed by atoms with van der Waals surface area (Å²) >= 11 is 6.32. The highest BCUT2D eigenvalue weighted by molar-refractivity contribution is 6.32. The second-order valence-corrected chi connectivity index (χ2v) is 6.33. The van der Waals surface area contributed by atoms with Crippen molar-refractivity contribution in [3.8, 4) is 17.2 Å². The SMILES string of the molecule is CCOc1cc(CCC(=O)O)cc(Cl)c1OCCOc1ccc(CC)cc1. The summed E-state index contributed by atoms with van der Waals surface area (Å²) in [6.07, 6.45) is 1.41. The molecular formula is C21H25ClO5. The van der Waals surface area contributed by atoms with E-state index in [9.17, 15) is 4.79 Å². The van der Waals surface area contributed by atoms with E-state index in [-0.39, 0.29) is 6.42 Å². The van der Waals surface area contributed by atoms with Crippen LogP contribution in [0.15, 0.2) is 36.4 Å². The van der Waals surface area contributed by atoms with E-state index in [1.165, 1.54) is 5.56 Å². The molecule has 0 heterocycles. The second-order valence-electron chi connectivity index (χ2n) is 5.93. The summed E-state index contributed by atoms with van der Waals surface area (Å²) in [6, 6.07) is 11.4. The number of carbonyl (C=O) groups is 1. The van der Waals surface area contributed by atoms with Crippen LogP contribution in [-0.2, 0) is 17.6 Å². The van der Waals surface area contributed by atoms with Crippen LogP contribution in [0.2, 0.25) is 5.02 Å². The van der Waals surface area contributed by atoms with Crippen LogP contribution in [0.1, 0.15) is 31.4 Å². The zero-order valence-electron chi connectivity index (χ0n) is 15.7. The number of rotatable bonds is 11. The maximum Gasteiger partial charge on any atom is 0.303 e. The normalized spacial score (nSPS) is 10.5. The fourth-order valence-corrected chi connectivity index (χ4v) is 2.83. The van der Waals surface area contributed by atoms with Crippen molar-refractivity contribution in [1.29, 1.82) is 0 Å². The molecular weight excluding hydrogens is 368 g/mol. The molecule has 1 N–H and O–H groups in total. The van der Waals surface area contributed by atoms with Crippen LogP contribution >= 0.6 is 11.6 Å². The Hall–Kier alpha value is -2.40. The summed E-state index contributed by atoms with van der Waals surface area (Å²) in [5, 5.41) is 9.23. The van der Waals surface area contributed by atoms with Crippen molar-refractivity contribution in [2.75, 3.05) is 19.8 Å². The van der Waals surface area contributed by atoms with E-state index in [2.05, 4.69) is 6.92 Å². The molecule has 0 aliphatic carbocycles. The lowest BCUT2D eigenvalue weighted by atomic mass is 10.1. The summed E-state index contributed by atoms with van der Waals surface area (Å²) in [7, 11) is 0. The van der Waals surface area contributed by atoms with Crippen LogP contribution in [0, 0.1) is 0 Å². The molecule has 0 amide bonds. The first-order valence-electron chi connectivity index (χ1n) is 9.05. The highest BCUT2D eigenvalue weighted by atomic mass is 35.5. The monoisotopic (exact) mass is 392 g/mol. The minimum atomic E-state index is -0.853. The molecule has 0 aromatic heterocycles. The molecule has 0 saturated heterocycles. The van der Waals surface area contributed by atoms with E-state index in [1.807, 2.05) is 31.2 Å². The first kappa shape index (κ1) is 20.9. The summed E-state index contributed by atoms with van der Waals surface area (Å²) in [4.78, 5) is 10.8. The number of ether oxygens (including phenoxy) is 3. The van der Waals surface area contributed by atoms with Crippen LogP contribution in [0.4, 0.5) is 0 Å². The molecule has 2 aromatic rings. The molecule has 2 rings (SSSR count). The van der Waals surface area contributed by atoms with E-state index < -0.39 is 5.97 Å². The average molecular weight is 393 g/mol. The lowest BCUT2D eigenvalue weighted by Gasteiger charge is -2.15. The molecule has 0 spiro atoms. The van der Waals surface area contributed by atoms with E-state index in [1.54, 1.807) is 12.1 Å². The number of hydrogen-bond acceptors (Lipinski definition) is 4. The van der Waals surface area contributed by atoms with Crippen molar-refractivity contribution in [3.63, 3.8) is 0 Å². The molecule has 0 fully saturated rings. The van der Waals surface area contributed by atoms with E-state index >= 15 is 0 Å². The van der Waals surface area contributed by atoms with Crippen molar-refractivity contribution in [3.05, 3.63) is 52.5 Å². The topological polar surface area (TPSA) is 65.0 Å². The maximum absolute atomic E-state index is 10.8. The van der Waals surface area contributed by atoms with Crippen LogP contribution in [-0.4, -0.2) is 30.9 Å². The Morgan fingerprint density at radius 1 is 1.00 bits per heavy atom. The third-order valence-electron chi connectivity index (χ3n) is 3.93. The lowest BCUT2D eigenvalue weighted by Crippen LogP contribution is -2.10. The minimum absolute atomic E-state index is 0.0345. The highest BCUT2D eigenvalue weighted by Crippen LogP contribution is 2.37. The van der Waals surface area contributed by atoms with Gasteiger partial charge < -0.3 is 19.3 Å². The number of aryl methyl sites for hydroxylation is 2. The summed E-state index contributed by atoms with van der Waals surface area (Å²) < 4.78 is 17.1. The number of hydrogen-bond donors (Lipinski definition) is 1. The smallest absolute Gasteiger partial charge is 0.303 e. The highest BCUT2D eigenvalue weighted by Gasteiger charge is 2.13. The summed E-state index contributed by atoms with van der Waals surface area (Å²) in [6.45, 7) is 5.11. The van der Waals surface area contributed by atoms with Crippen LogP contribution in [0.5, 0.6) is 17.2 Å². The Balaban J connectivity index is 1.96. The Bertz CT molecular complexity index is 743. The standard InChI is InChI=1S/C21H25ClO5/c1-3-15-5-8-17(9-6-15)26-11-12-27-21-18(22)13-16(7-10-20(23)24)14-19(21)25-4-2/h5-6,8-9,13-14H,3-4,7,10-12H2,1-2H3,(H,23,24). The van der Waals surface area contributed by atoms with Gasteiger partial charge in [0, 0.05) is 6.42 Å². The molecule has 0 radical (unpaired) electrons. The fraction of sp³-hybridized carbons (Fsp3) is 0.381. The van der Waals surface area contributed by atoms with Gasteiger partial charge in [-0.1, -0.05) is 30.7 Å². The van der Waals surface area contributed by atoms with Crippen LogP contribution < -0.4 is 14.2 Å². The number of aliphatic carboxylic acids is 1. The molecule has 146 valence electrons. The van der Waals surface area contributed by atoms with Gasteiger partial charge in [0.05, 0.1) is 11.6 Å². The fourth-order valence-electron chi connectivity index (χ4n) is 2.54. The first-order valence-corrected chi connectivity index (χ1v) is 9.42. The van der Waals surface area contributed by atoms with Gasteiger partial charge in [0.15, 0.2) is 11.5 Å². The zero-order valence-corrected chi connectivity index (χ0v) is 16.4. The summed E-state index contributed by atoms with van der Waals surface area (Å²) in [5.41, 5.74) is 2.06. The Kier molecular flexibility index (Phi) is 8.27. The largest absolute Gasteiger partial charge is 0.490 e. The third-order valence-corrected chi connectivity index (χ3v) is 4.21. The molecule has 0 unspecified atom stereocenters. The minimum Gasteiger partial charge on any atom is -0.490 e. The van der Waals surface area contributed by atoms with Gasteiger partial charge in [0.2, 0.25) is 0 Å². The molecule has 0 saturated carbocycles. The molecule has 6 heteroatoms. The predicted molar refractivity (Wildman–Crippen MR) is 105 cm³/mol. The number of carboxylic acid groups (broad SMARTS) is 1. The quantitative estimate of drug-likeness (QED) is 0.557. The van der Waals surface area contributed by atoms with Gasteiger partial charge in [0.1, 0.15) is 19.0 Å². The Labute approximate surface area is 164 Å². The Morgan fingerprint density at radius 3 is 2.33 bits per heavy atom. The maximum atomic E-state index is 10.8. The van der Waals surface area contributed by atoms with Gasteiger partial charge in [-0.2, -0.15) is 0 Å². The molecule has 27 heavy (non-hydrogen) atoms. The molecule has 0 aliphatic rings. The van der Waals surface area contributed by atoms with E-state index in [0.717, 1.165) is 17.7 Å². The molecule has 5 nitrogen and oxygen atoms in total. The average Bonchev–Trinajstić information content (AvgIpc) is 2.65.